The Morgan fingerprint density at radius 1 is 1.16 bits per heavy atom. The predicted octanol–water partition coefficient (Wildman–Crippen LogP) is 4.57. The summed E-state index contributed by atoms with van der Waals surface area (Å²) in [6.45, 7) is 1.50. The third-order valence-corrected chi connectivity index (χ3v) is 3.66. The van der Waals surface area contributed by atoms with Gasteiger partial charge in [0.15, 0.2) is 0 Å². The fraction of sp³-hybridized carbons (Fsp3) is 0.200. The topological polar surface area (TPSA) is 12.0 Å². The molecule has 0 unspecified atom stereocenters. The van der Waals surface area contributed by atoms with Crippen LogP contribution in [0.3, 0.4) is 0 Å². The van der Waals surface area contributed by atoms with E-state index in [-0.39, 0.29) is 5.82 Å². The summed E-state index contributed by atoms with van der Waals surface area (Å²) in [5, 5.41) is 4.05. The molecule has 19 heavy (non-hydrogen) atoms. The zero-order valence-corrected chi connectivity index (χ0v) is 12.6. The third-order valence-electron chi connectivity index (χ3n) is 2.81. The SMILES string of the molecule is Fc1cccc(CCNCc2ccc(Br)cc2Cl)c1. The highest BCUT2D eigenvalue weighted by Crippen LogP contribution is 2.21. The second kappa shape index (κ2) is 7.04. The van der Waals surface area contributed by atoms with E-state index < -0.39 is 0 Å². The second-order valence-electron chi connectivity index (χ2n) is 4.29. The van der Waals surface area contributed by atoms with Crippen molar-refractivity contribution >= 4 is 27.5 Å². The van der Waals surface area contributed by atoms with Gasteiger partial charge in [-0.1, -0.05) is 45.7 Å². The molecule has 0 saturated carbocycles. The third kappa shape index (κ3) is 4.60. The lowest BCUT2D eigenvalue weighted by Gasteiger charge is -2.07. The number of hydrogen-bond acceptors (Lipinski definition) is 1. The lowest BCUT2D eigenvalue weighted by molar-refractivity contribution is 0.622. The summed E-state index contributed by atoms with van der Waals surface area (Å²) >= 11 is 9.50. The van der Waals surface area contributed by atoms with E-state index in [1.54, 1.807) is 12.1 Å². The highest BCUT2D eigenvalue weighted by Gasteiger charge is 2.01. The lowest BCUT2D eigenvalue weighted by atomic mass is 10.1. The number of hydrogen-bond donors (Lipinski definition) is 1. The van der Waals surface area contributed by atoms with E-state index in [1.165, 1.54) is 6.07 Å². The fourth-order valence-electron chi connectivity index (χ4n) is 1.81. The van der Waals surface area contributed by atoms with E-state index in [4.69, 9.17) is 11.6 Å². The Hall–Kier alpha value is -0.900. The van der Waals surface area contributed by atoms with Crippen LogP contribution in [0.1, 0.15) is 11.1 Å². The van der Waals surface area contributed by atoms with Crippen molar-refractivity contribution in [1.29, 1.82) is 0 Å². The quantitative estimate of drug-likeness (QED) is 0.785. The maximum Gasteiger partial charge on any atom is 0.123 e. The van der Waals surface area contributed by atoms with Crippen molar-refractivity contribution < 1.29 is 4.39 Å². The van der Waals surface area contributed by atoms with Crippen LogP contribution in [0.15, 0.2) is 46.9 Å². The maximum absolute atomic E-state index is 13.0. The summed E-state index contributed by atoms with van der Waals surface area (Å²) in [5.41, 5.74) is 2.05. The molecule has 0 amide bonds. The van der Waals surface area contributed by atoms with Crippen molar-refractivity contribution in [1.82, 2.24) is 5.32 Å². The minimum atomic E-state index is -0.187. The molecular formula is C15H14BrClFN. The van der Waals surface area contributed by atoms with Crippen LogP contribution in [0.5, 0.6) is 0 Å². The van der Waals surface area contributed by atoms with Crippen molar-refractivity contribution in [3.63, 3.8) is 0 Å². The summed E-state index contributed by atoms with van der Waals surface area (Å²) in [4.78, 5) is 0. The molecule has 2 rings (SSSR count). The molecule has 0 bridgehead atoms. The van der Waals surface area contributed by atoms with Crippen LogP contribution < -0.4 is 5.32 Å². The minimum Gasteiger partial charge on any atom is -0.312 e. The second-order valence-corrected chi connectivity index (χ2v) is 5.62. The van der Waals surface area contributed by atoms with Gasteiger partial charge in [0.1, 0.15) is 5.82 Å². The van der Waals surface area contributed by atoms with Gasteiger partial charge in [-0.25, -0.2) is 4.39 Å². The van der Waals surface area contributed by atoms with Crippen molar-refractivity contribution in [2.24, 2.45) is 0 Å². The molecule has 0 heterocycles. The van der Waals surface area contributed by atoms with Gasteiger partial charge in [0, 0.05) is 16.0 Å². The summed E-state index contributed by atoms with van der Waals surface area (Å²) in [6.07, 6.45) is 0.798. The number of halogens is 3. The van der Waals surface area contributed by atoms with Gasteiger partial charge >= 0.3 is 0 Å². The zero-order chi connectivity index (χ0) is 13.7. The van der Waals surface area contributed by atoms with Gasteiger partial charge < -0.3 is 5.32 Å². The first-order valence-electron chi connectivity index (χ1n) is 6.04. The molecule has 2 aromatic rings. The Bertz CT molecular complexity index is 560. The molecular weight excluding hydrogens is 329 g/mol. The molecule has 0 atom stereocenters. The van der Waals surface area contributed by atoms with Crippen LogP contribution in [-0.4, -0.2) is 6.54 Å². The molecule has 100 valence electrons. The fourth-order valence-corrected chi connectivity index (χ4v) is 2.55. The summed E-state index contributed by atoms with van der Waals surface area (Å²) in [5.74, 6) is -0.187. The number of rotatable bonds is 5. The Labute approximate surface area is 125 Å². The average Bonchev–Trinajstić information content (AvgIpc) is 2.37. The largest absolute Gasteiger partial charge is 0.312 e. The van der Waals surface area contributed by atoms with Crippen LogP contribution in [0.2, 0.25) is 5.02 Å². The lowest BCUT2D eigenvalue weighted by Crippen LogP contribution is -2.16. The van der Waals surface area contributed by atoms with Crippen LogP contribution in [0.25, 0.3) is 0 Å². The van der Waals surface area contributed by atoms with E-state index in [0.29, 0.717) is 6.54 Å². The molecule has 1 nitrogen and oxygen atoms in total. The standard InChI is InChI=1S/C15H14BrClFN/c16-13-5-4-12(15(17)9-13)10-19-7-6-11-2-1-3-14(18)8-11/h1-5,8-9,19H,6-7,10H2. The Morgan fingerprint density at radius 2 is 2.00 bits per heavy atom. The van der Waals surface area contributed by atoms with Gasteiger partial charge in [-0.05, 0) is 48.4 Å². The molecule has 0 fully saturated rings. The summed E-state index contributed by atoms with van der Waals surface area (Å²) in [7, 11) is 0. The Kier molecular flexibility index (Phi) is 5.37. The van der Waals surface area contributed by atoms with Crippen molar-refractivity contribution in [3.8, 4) is 0 Å². The molecule has 1 N–H and O–H groups in total. The van der Waals surface area contributed by atoms with Gasteiger partial charge in [-0.2, -0.15) is 0 Å². The normalized spacial score (nSPS) is 10.7. The molecule has 0 radical (unpaired) electrons. The molecule has 0 aromatic heterocycles. The average molecular weight is 343 g/mol. The van der Waals surface area contributed by atoms with E-state index in [2.05, 4.69) is 21.2 Å². The summed E-state index contributed by atoms with van der Waals surface area (Å²) < 4.78 is 14.0. The van der Waals surface area contributed by atoms with E-state index in [9.17, 15) is 4.39 Å². The molecule has 0 saturated heterocycles. The van der Waals surface area contributed by atoms with E-state index in [0.717, 1.165) is 33.6 Å². The highest BCUT2D eigenvalue weighted by atomic mass is 79.9. The van der Waals surface area contributed by atoms with Gasteiger partial charge in [-0.15, -0.1) is 0 Å². The smallest absolute Gasteiger partial charge is 0.123 e. The molecule has 0 spiro atoms. The van der Waals surface area contributed by atoms with Crippen LogP contribution in [0, 0.1) is 5.82 Å². The molecule has 0 aliphatic rings. The van der Waals surface area contributed by atoms with Gasteiger partial charge in [-0.3, -0.25) is 0 Å². The Balaban J connectivity index is 1.81. The van der Waals surface area contributed by atoms with Crippen molar-refractivity contribution in [2.75, 3.05) is 6.54 Å². The maximum atomic E-state index is 13.0. The number of nitrogens with one attached hydrogen (secondary N) is 1. The zero-order valence-electron chi connectivity index (χ0n) is 10.3. The first-order chi connectivity index (χ1) is 9.15. The van der Waals surface area contributed by atoms with Gasteiger partial charge in [0.2, 0.25) is 0 Å². The number of benzene rings is 2. The van der Waals surface area contributed by atoms with E-state index >= 15 is 0 Å². The van der Waals surface area contributed by atoms with Crippen molar-refractivity contribution in [3.05, 3.63) is 68.9 Å². The monoisotopic (exact) mass is 341 g/mol. The molecule has 2 aromatic carbocycles. The van der Waals surface area contributed by atoms with Crippen molar-refractivity contribution in [2.45, 2.75) is 13.0 Å². The highest BCUT2D eigenvalue weighted by molar-refractivity contribution is 9.10. The Morgan fingerprint density at radius 3 is 2.74 bits per heavy atom. The summed E-state index contributed by atoms with van der Waals surface area (Å²) in [6, 6.07) is 12.5. The first kappa shape index (κ1) is 14.5. The van der Waals surface area contributed by atoms with Gasteiger partial charge in [0.25, 0.3) is 0 Å². The predicted molar refractivity (Wildman–Crippen MR) is 81.0 cm³/mol. The minimum absolute atomic E-state index is 0.187. The van der Waals surface area contributed by atoms with Crippen LogP contribution in [0.4, 0.5) is 4.39 Å². The van der Waals surface area contributed by atoms with Gasteiger partial charge in [0.05, 0.1) is 0 Å². The molecule has 0 aliphatic carbocycles. The van der Waals surface area contributed by atoms with Crippen LogP contribution >= 0.6 is 27.5 Å². The van der Waals surface area contributed by atoms with E-state index in [1.807, 2.05) is 24.3 Å². The first-order valence-corrected chi connectivity index (χ1v) is 7.21. The molecule has 0 aliphatic heterocycles. The molecule has 4 heteroatoms. The van der Waals surface area contributed by atoms with Crippen LogP contribution in [-0.2, 0) is 13.0 Å².